The van der Waals surface area contributed by atoms with Crippen LogP contribution in [0.5, 0.6) is 11.6 Å². The van der Waals surface area contributed by atoms with Gasteiger partial charge in [0.05, 0.1) is 5.56 Å². The third-order valence-corrected chi connectivity index (χ3v) is 3.79. The molecule has 0 unspecified atom stereocenters. The molecule has 0 fully saturated rings. The second-order valence-corrected chi connectivity index (χ2v) is 5.87. The van der Waals surface area contributed by atoms with Gasteiger partial charge in [-0.1, -0.05) is 6.07 Å². The molecule has 0 aliphatic heterocycles. The number of benzene rings is 1. The Hall–Kier alpha value is -3.70. The van der Waals surface area contributed by atoms with E-state index in [2.05, 4.69) is 10.1 Å². The fourth-order valence-corrected chi connectivity index (χ4v) is 2.41. The van der Waals surface area contributed by atoms with Gasteiger partial charge in [0.2, 0.25) is 11.7 Å². The van der Waals surface area contributed by atoms with Gasteiger partial charge < -0.3 is 4.74 Å². The molecule has 3 rings (SSSR count). The highest BCUT2D eigenvalue weighted by molar-refractivity contribution is 5.85. The molecule has 156 valence electrons. The van der Waals surface area contributed by atoms with Crippen LogP contribution < -0.4 is 10.2 Å². The molecule has 30 heavy (non-hydrogen) atoms. The van der Waals surface area contributed by atoms with Crippen molar-refractivity contribution >= 4 is 5.84 Å². The molecule has 2 N–H and O–H groups in total. The maximum Gasteiger partial charge on any atom is 0.451 e. The number of nitrogens with zero attached hydrogens (tertiary/aromatic N) is 3. The standard InChI is InChI=1S/C18H11F6N5O/c19-17(20,21)11-3-4-12(10-2-1-7-27-9-10)13(8-11)30-15-6-5-14(25)29(28-15)16(26)18(22,23)24/h1-9,25-26H. The van der Waals surface area contributed by atoms with Crippen molar-refractivity contribution in [2.45, 2.75) is 12.4 Å². The van der Waals surface area contributed by atoms with Gasteiger partial charge >= 0.3 is 12.4 Å². The van der Waals surface area contributed by atoms with Gasteiger partial charge in [0.25, 0.3) is 0 Å². The molecule has 0 aliphatic carbocycles. The minimum atomic E-state index is -5.09. The lowest BCUT2D eigenvalue weighted by atomic mass is 10.0. The Kier molecular flexibility index (Phi) is 5.33. The fourth-order valence-electron chi connectivity index (χ4n) is 2.41. The lowest BCUT2D eigenvalue weighted by Crippen LogP contribution is -2.38. The summed E-state index contributed by atoms with van der Waals surface area (Å²) >= 11 is 0. The normalized spacial score (nSPS) is 11.9. The summed E-state index contributed by atoms with van der Waals surface area (Å²) in [7, 11) is 0. The van der Waals surface area contributed by atoms with Crippen LogP contribution in [0.4, 0.5) is 26.3 Å². The first kappa shape index (κ1) is 21.0. The Morgan fingerprint density at radius 1 is 1.00 bits per heavy atom. The van der Waals surface area contributed by atoms with E-state index in [9.17, 15) is 26.3 Å². The van der Waals surface area contributed by atoms with Gasteiger partial charge in [0.15, 0.2) is 0 Å². The zero-order chi connectivity index (χ0) is 22.1. The van der Waals surface area contributed by atoms with Gasteiger partial charge in [-0.25, -0.2) is 0 Å². The molecule has 0 spiro atoms. The van der Waals surface area contributed by atoms with Crippen molar-refractivity contribution in [3.05, 3.63) is 65.9 Å². The Morgan fingerprint density at radius 3 is 2.33 bits per heavy atom. The smallest absolute Gasteiger partial charge is 0.437 e. The van der Waals surface area contributed by atoms with Crippen molar-refractivity contribution in [1.82, 2.24) is 14.8 Å². The molecule has 12 heteroatoms. The highest BCUT2D eigenvalue weighted by Crippen LogP contribution is 2.38. The van der Waals surface area contributed by atoms with Crippen LogP contribution >= 0.6 is 0 Å². The van der Waals surface area contributed by atoms with E-state index in [1.807, 2.05) is 0 Å². The van der Waals surface area contributed by atoms with E-state index in [0.29, 0.717) is 11.6 Å². The Balaban J connectivity index is 2.09. The number of alkyl halides is 6. The Morgan fingerprint density at radius 2 is 1.73 bits per heavy atom. The first-order valence-electron chi connectivity index (χ1n) is 8.07. The predicted molar refractivity (Wildman–Crippen MR) is 92.0 cm³/mol. The molecule has 3 aromatic rings. The van der Waals surface area contributed by atoms with Gasteiger partial charge in [-0.15, -0.1) is 5.10 Å². The number of ether oxygens (including phenoxy) is 1. The topological polar surface area (TPSA) is 87.6 Å². The van der Waals surface area contributed by atoms with E-state index in [4.69, 9.17) is 15.6 Å². The predicted octanol–water partition coefficient (Wildman–Crippen LogP) is 4.62. The quantitative estimate of drug-likeness (QED) is 0.363. The van der Waals surface area contributed by atoms with Gasteiger partial charge in [-0.05, 0) is 30.3 Å². The van der Waals surface area contributed by atoms with Crippen molar-refractivity contribution in [1.29, 1.82) is 10.8 Å². The largest absolute Gasteiger partial charge is 0.451 e. The number of aromatic nitrogens is 3. The fraction of sp³-hybridized carbons (Fsp3) is 0.111. The Bertz CT molecular complexity index is 1140. The maximum absolute atomic E-state index is 13.1. The van der Waals surface area contributed by atoms with E-state index >= 15 is 0 Å². The van der Waals surface area contributed by atoms with Crippen LogP contribution in [-0.4, -0.2) is 26.8 Å². The van der Waals surface area contributed by atoms with E-state index in [1.54, 1.807) is 12.1 Å². The highest BCUT2D eigenvalue weighted by atomic mass is 19.4. The van der Waals surface area contributed by atoms with Crippen LogP contribution in [0.25, 0.3) is 11.1 Å². The molecule has 0 saturated heterocycles. The third kappa shape index (κ3) is 4.47. The first-order chi connectivity index (χ1) is 14.0. The van der Waals surface area contributed by atoms with Gasteiger partial charge in [-0.2, -0.15) is 31.0 Å². The van der Waals surface area contributed by atoms with Crippen LogP contribution in [0, 0.1) is 10.8 Å². The highest BCUT2D eigenvalue weighted by Gasteiger charge is 2.37. The molecule has 0 atom stereocenters. The van der Waals surface area contributed by atoms with Crippen molar-refractivity contribution in [3.63, 3.8) is 0 Å². The summed E-state index contributed by atoms with van der Waals surface area (Å²) < 4.78 is 83.1. The zero-order valence-electron chi connectivity index (χ0n) is 14.7. The molecule has 2 heterocycles. The van der Waals surface area contributed by atoms with E-state index in [-0.39, 0.29) is 16.0 Å². The number of nitrogens with one attached hydrogen (secondary N) is 2. The van der Waals surface area contributed by atoms with Crippen LogP contribution in [0.3, 0.4) is 0 Å². The summed E-state index contributed by atoms with van der Waals surface area (Å²) in [5, 5.41) is 18.1. The number of pyridine rings is 1. The minimum absolute atomic E-state index is 0.0350. The molecule has 0 radical (unpaired) electrons. The van der Waals surface area contributed by atoms with E-state index < -0.39 is 35.1 Å². The summed E-state index contributed by atoms with van der Waals surface area (Å²) in [6.45, 7) is 0. The summed E-state index contributed by atoms with van der Waals surface area (Å²) in [5.41, 5.74) is -1.22. The second kappa shape index (κ2) is 7.61. The average Bonchev–Trinajstić information content (AvgIpc) is 2.68. The van der Waals surface area contributed by atoms with Gasteiger partial charge in [0, 0.05) is 29.6 Å². The zero-order valence-corrected chi connectivity index (χ0v) is 14.7. The summed E-state index contributed by atoms with van der Waals surface area (Å²) in [6.07, 6.45) is -6.96. The lowest BCUT2D eigenvalue weighted by Gasteiger charge is -2.15. The molecular weight excluding hydrogens is 416 g/mol. The van der Waals surface area contributed by atoms with Crippen molar-refractivity contribution in [3.8, 4) is 22.8 Å². The van der Waals surface area contributed by atoms with Crippen LogP contribution in [0.15, 0.2) is 54.9 Å². The van der Waals surface area contributed by atoms with E-state index in [1.165, 1.54) is 12.4 Å². The van der Waals surface area contributed by atoms with Crippen molar-refractivity contribution in [2.24, 2.45) is 0 Å². The first-order valence-corrected chi connectivity index (χ1v) is 8.07. The number of halogens is 6. The lowest BCUT2D eigenvalue weighted by molar-refractivity contribution is -0.137. The number of rotatable bonds is 3. The molecular formula is C18H11F6N5O. The molecule has 6 nitrogen and oxygen atoms in total. The average molecular weight is 427 g/mol. The molecule has 1 aromatic carbocycles. The van der Waals surface area contributed by atoms with E-state index in [0.717, 1.165) is 24.3 Å². The maximum atomic E-state index is 13.1. The molecule has 0 aliphatic rings. The SMILES string of the molecule is N=C(n1nc(Oc2cc(C(F)(F)F)ccc2-c2cccnc2)ccc1=N)C(F)(F)F. The summed E-state index contributed by atoms with van der Waals surface area (Å²) in [4.78, 5) is 3.88. The summed E-state index contributed by atoms with van der Waals surface area (Å²) in [5.74, 6) is -2.83. The minimum Gasteiger partial charge on any atom is -0.437 e. The molecule has 0 amide bonds. The second-order valence-electron chi connectivity index (χ2n) is 5.87. The van der Waals surface area contributed by atoms with Crippen LogP contribution in [-0.2, 0) is 6.18 Å². The molecule has 0 saturated carbocycles. The van der Waals surface area contributed by atoms with Gasteiger partial charge in [-0.3, -0.25) is 15.8 Å². The third-order valence-electron chi connectivity index (χ3n) is 3.79. The summed E-state index contributed by atoms with van der Waals surface area (Å²) in [6, 6.07) is 7.63. The van der Waals surface area contributed by atoms with Crippen molar-refractivity contribution in [2.75, 3.05) is 0 Å². The molecule has 2 aromatic heterocycles. The molecule has 0 bridgehead atoms. The number of hydrogen-bond donors (Lipinski definition) is 2. The van der Waals surface area contributed by atoms with Crippen molar-refractivity contribution < 1.29 is 31.1 Å². The monoisotopic (exact) mass is 427 g/mol. The Labute approximate surface area is 164 Å². The van der Waals surface area contributed by atoms with Crippen LogP contribution in [0.2, 0.25) is 0 Å². The van der Waals surface area contributed by atoms with Gasteiger partial charge in [0.1, 0.15) is 11.2 Å². The number of hydrogen-bond acceptors (Lipinski definition) is 5. The van der Waals surface area contributed by atoms with Crippen LogP contribution in [0.1, 0.15) is 5.56 Å².